The highest BCUT2D eigenvalue weighted by atomic mass is 32.2. The van der Waals surface area contributed by atoms with Crippen LogP contribution in [0, 0.1) is 0 Å². The third-order valence-electron chi connectivity index (χ3n) is 27.7. The number of hydrogen-bond donors (Lipinski definition) is 10. The molecule has 13 heterocycles. The molecule has 702 valence electrons. The summed E-state index contributed by atoms with van der Waals surface area (Å²) in [4.78, 5) is 305. The fourth-order valence-electron chi connectivity index (χ4n) is 21.2. The van der Waals surface area contributed by atoms with Gasteiger partial charge in [-0.15, -0.1) is 0 Å². The molecule has 10 N–H and O–H groups in total. The number of likely N-dealkylation sites (tertiary alicyclic amines) is 12. The number of carboxylic acid groups (broad SMARTS) is 1. The van der Waals surface area contributed by atoms with Crippen molar-refractivity contribution in [3.05, 3.63) is 0 Å². The second kappa shape index (κ2) is 43.5. The second-order valence-corrected chi connectivity index (χ2v) is 36.5. The summed E-state index contributed by atoms with van der Waals surface area (Å²) in [5.74, 6) is -11.3. The Bertz CT molecular complexity index is 4290. The Balaban J connectivity index is 0.519. The Morgan fingerprint density at radius 3 is 0.734 bits per heavy atom. The predicted molar refractivity (Wildman–Crippen MR) is 451 cm³/mol. The highest BCUT2D eigenvalue weighted by molar-refractivity contribution is 7.98. The van der Waals surface area contributed by atoms with Gasteiger partial charge in [0.2, 0.25) is 118 Å². The van der Waals surface area contributed by atoms with Crippen LogP contribution in [0.1, 0.15) is 173 Å². The topological polar surface area (TPSA) is 526 Å². The number of carbonyl (C=O) groups is 21. The molecule has 14 atom stereocenters. The molecule has 13 fully saturated rings. The number of carbonyl (C=O) groups excluding carboxylic acids is 20. The van der Waals surface area contributed by atoms with Gasteiger partial charge in [-0.2, -0.15) is 11.8 Å². The second-order valence-electron chi connectivity index (χ2n) is 35.5. The van der Waals surface area contributed by atoms with Crippen LogP contribution in [0.25, 0.3) is 0 Å². The number of hydrogen-bond acceptors (Lipinski definition) is 23. The zero-order valence-electron chi connectivity index (χ0n) is 72.8. The van der Waals surface area contributed by atoms with Crippen LogP contribution in [-0.2, 0) is 101 Å². The van der Waals surface area contributed by atoms with E-state index in [1.807, 2.05) is 6.26 Å². The molecule has 0 radical (unpaired) electrons. The van der Waals surface area contributed by atoms with Crippen molar-refractivity contribution in [3.63, 3.8) is 0 Å². The van der Waals surface area contributed by atoms with Gasteiger partial charge in [0.05, 0.1) is 45.3 Å². The molecule has 0 spiro atoms. The molecule has 0 aromatic carbocycles. The van der Waals surface area contributed by atoms with Crippen molar-refractivity contribution >= 4 is 136 Å². The minimum Gasteiger partial charge on any atom is -0.480 e. The SMILES string of the molecule is CSCC[C@H](NC(=O)[C@@H]1CCCN1C(=O)CNC(=O)[C@@H]1CCCN1C(=O)[C@@H]1CCCN1C(=O)CNC(=O)[C@@H]1CCCN1C(=O)[C@@H]1CCCN1C(=O)CNC(=O)[C@@H]1CCCN1C(=O)[C@@H]1CCCN1C(=O)CNC(=O)[C@@H]1CCCN1C(=O)[C@@H]1CCCN1)C(=O)NCC(=O)N1CCC[C@H]1C(=O)N1CCC[C@H]1C(=O)NCC(=O)N1CCC[C@H]1C(=O)N1CCC[C@H]1C(=O)NCC(=O)O. The third-order valence-corrected chi connectivity index (χ3v) is 28.3. The maximum Gasteiger partial charge on any atom is 0.322 e. The lowest BCUT2D eigenvalue weighted by Crippen LogP contribution is -2.57. The molecule has 128 heavy (non-hydrogen) atoms. The summed E-state index contributed by atoms with van der Waals surface area (Å²) >= 11 is 1.41. The molecular formula is C84H123N21O22S. The third kappa shape index (κ3) is 21.7. The van der Waals surface area contributed by atoms with Crippen molar-refractivity contribution in [2.75, 3.05) is 143 Å². The van der Waals surface area contributed by atoms with Gasteiger partial charge < -0.3 is 112 Å². The normalized spacial score (nSPS) is 27.0. The van der Waals surface area contributed by atoms with Crippen LogP contribution in [0.3, 0.4) is 0 Å². The minimum atomic E-state index is -1.24. The molecule has 0 aromatic rings. The van der Waals surface area contributed by atoms with Crippen LogP contribution in [0.4, 0.5) is 0 Å². The number of carboxylic acids is 1. The van der Waals surface area contributed by atoms with Crippen molar-refractivity contribution in [2.45, 2.75) is 258 Å². The van der Waals surface area contributed by atoms with Crippen LogP contribution < -0.4 is 47.9 Å². The van der Waals surface area contributed by atoms with Gasteiger partial charge in [0.25, 0.3) is 0 Å². The van der Waals surface area contributed by atoms with E-state index in [1.54, 1.807) is 4.90 Å². The fraction of sp³-hybridized carbons (Fsp3) is 0.750. The molecule has 0 unspecified atom stereocenters. The van der Waals surface area contributed by atoms with E-state index in [2.05, 4.69) is 47.9 Å². The summed E-state index contributed by atoms with van der Waals surface area (Å²) in [5, 5.41) is 33.3. The van der Waals surface area contributed by atoms with Gasteiger partial charge in [0.15, 0.2) is 0 Å². The van der Waals surface area contributed by atoms with Crippen molar-refractivity contribution < 1.29 is 106 Å². The molecule has 13 saturated heterocycles. The molecule has 13 rings (SSSR count). The van der Waals surface area contributed by atoms with Crippen molar-refractivity contribution in [1.82, 2.24) is 107 Å². The van der Waals surface area contributed by atoms with Crippen molar-refractivity contribution in [2.24, 2.45) is 0 Å². The standard InChI is InChI=1S/C84H123N21O22S/c1-128-42-28-50(71(114)86-43-65(107)95-31-10-23-59(95)80(123)102-38-6-18-54(102)74(117)91-48-69(111)99-35-14-27-63(99)84(127)105-41-9-21-57(105)77(120)92-49-70(112)113)93-78(121)58-22-3-30-94(58)64(106)44-87-73(116)53-17-5-37-101(53)81(124)61-25-12-33-97(61)67(109)46-89-76(119)56-20-8-40-104(56)83(126)62-26-13-34-98(62)68(110)47-90-75(118)55-19-7-39-103(55)82(125)60-24-11-32-96(60)66(108)45-88-72(115)52-16-4-36-100(52)79(122)51-15-2-29-85-51/h50-63,85H,2-49H2,1H3,(H,86,114)(H,87,116)(H,88,115)(H,89,119)(H,90,118)(H,91,117)(H,92,120)(H,93,121)(H,112,113)/t50-,51-,52-,53-,54-,55-,56-,57-,58-,59-,60-,61-,62-,63-/m0/s1. The molecule has 0 saturated carbocycles. The Morgan fingerprint density at radius 2 is 0.492 bits per heavy atom. The van der Waals surface area contributed by atoms with Crippen LogP contribution >= 0.6 is 11.8 Å². The molecule has 44 heteroatoms. The molecule has 0 aromatic heterocycles. The summed E-state index contributed by atoms with van der Waals surface area (Å²) in [6, 6.07) is -12.6. The average Bonchev–Trinajstić information content (AvgIpc) is 1.65. The van der Waals surface area contributed by atoms with Gasteiger partial charge in [-0.3, -0.25) is 101 Å². The lowest BCUT2D eigenvalue weighted by molar-refractivity contribution is -0.148. The van der Waals surface area contributed by atoms with Gasteiger partial charge in [-0.25, -0.2) is 0 Å². The van der Waals surface area contributed by atoms with E-state index in [4.69, 9.17) is 5.11 Å². The molecule has 13 aliphatic rings. The Kier molecular flexibility index (Phi) is 32.2. The van der Waals surface area contributed by atoms with Gasteiger partial charge in [-0.1, -0.05) is 0 Å². The summed E-state index contributed by atoms with van der Waals surface area (Å²) in [5.41, 5.74) is 0. The summed E-state index contributed by atoms with van der Waals surface area (Å²) in [6.45, 7) is -0.0360. The van der Waals surface area contributed by atoms with E-state index in [-0.39, 0.29) is 135 Å². The smallest absolute Gasteiger partial charge is 0.322 e. The highest BCUT2D eigenvalue weighted by Crippen LogP contribution is 2.33. The lowest BCUT2D eigenvalue weighted by atomic mass is 10.1. The van der Waals surface area contributed by atoms with Gasteiger partial charge >= 0.3 is 5.97 Å². The lowest BCUT2D eigenvalue weighted by Gasteiger charge is -2.32. The van der Waals surface area contributed by atoms with Crippen LogP contribution in [0.15, 0.2) is 0 Å². The molecule has 13 aliphatic heterocycles. The molecule has 20 amide bonds. The first-order valence-electron chi connectivity index (χ1n) is 45.9. The summed E-state index contributed by atoms with van der Waals surface area (Å²) in [6.07, 6.45) is 13.0. The van der Waals surface area contributed by atoms with E-state index in [0.29, 0.717) is 134 Å². The molecular weight excluding hydrogens is 1690 g/mol. The van der Waals surface area contributed by atoms with Crippen LogP contribution in [0.5, 0.6) is 0 Å². The van der Waals surface area contributed by atoms with Crippen molar-refractivity contribution in [1.29, 1.82) is 0 Å². The number of nitrogens with one attached hydrogen (secondary N) is 9. The highest BCUT2D eigenvalue weighted by Gasteiger charge is 2.51. The fourth-order valence-corrected chi connectivity index (χ4v) is 21.6. The number of nitrogens with zero attached hydrogens (tertiary/aromatic N) is 12. The number of rotatable bonds is 32. The summed E-state index contributed by atoms with van der Waals surface area (Å²) in [7, 11) is 0. The van der Waals surface area contributed by atoms with E-state index in [0.717, 1.165) is 13.0 Å². The Morgan fingerprint density at radius 1 is 0.273 bits per heavy atom. The zero-order valence-corrected chi connectivity index (χ0v) is 73.6. The van der Waals surface area contributed by atoms with E-state index >= 15 is 0 Å². The maximum absolute atomic E-state index is 14.4. The first-order valence-corrected chi connectivity index (χ1v) is 47.3. The average molecular weight is 1810 g/mol. The minimum absolute atomic E-state index is 0.123. The quantitative estimate of drug-likeness (QED) is 0.0300. The van der Waals surface area contributed by atoms with Gasteiger partial charge in [0.1, 0.15) is 85.1 Å². The number of thioether (sulfide) groups is 1. The largest absolute Gasteiger partial charge is 0.480 e. The first kappa shape index (κ1) is 94.8. The van der Waals surface area contributed by atoms with E-state index < -0.39 is 236 Å². The van der Waals surface area contributed by atoms with Gasteiger partial charge in [-0.05, 0) is 192 Å². The number of amides is 20. The van der Waals surface area contributed by atoms with Crippen LogP contribution in [-0.4, -0.2) is 416 Å². The number of aliphatic carboxylic acids is 1. The van der Waals surface area contributed by atoms with E-state index in [9.17, 15) is 101 Å². The molecule has 43 nitrogen and oxygen atoms in total. The molecule has 0 bridgehead atoms. The Labute approximate surface area is 745 Å². The summed E-state index contributed by atoms with van der Waals surface area (Å²) < 4.78 is 0. The van der Waals surface area contributed by atoms with E-state index in [1.165, 1.54) is 65.7 Å². The first-order chi connectivity index (χ1) is 61.6. The van der Waals surface area contributed by atoms with Gasteiger partial charge in [0, 0.05) is 78.5 Å². The molecule has 0 aliphatic carbocycles. The predicted octanol–water partition coefficient (Wildman–Crippen LogP) is -6.23. The van der Waals surface area contributed by atoms with Crippen LogP contribution in [0.2, 0.25) is 0 Å². The maximum atomic E-state index is 14.4. The monoisotopic (exact) mass is 1810 g/mol. The Hall–Kier alpha value is -10.8. The van der Waals surface area contributed by atoms with Crippen molar-refractivity contribution in [3.8, 4) is 0 Å². The zero-order chi connectivity index (χ0) is 91.1.